The molecular formula is C12H11NO6. The first kappa shape index (κ1) is 12.9. The molecule has 1 atom stereocenters. The minimum Gasteiger partial charge on any atom is -0.481 e. The van der Waals surface area contributed by atoms with E-state index >= 15 is 0 Å². The number of anilines is 1. The third kappa shape index (κ3) is 2.22. The van der Waals surface area contributed by atoms with Gasteiger partial charge in [0.25, 0.3) is 0 Å². The van der Waals surface area contributed by atoms with Crippen LogP contribution in [0.4, 0.5) is 5.69 Å². The number of rotatable bonds is 3. The molecule has 100 valence electrons. The average Bonchev–Trinajstić information content (AvgIpc) is 2.36. The molecule has 0 saturated carbocycles. The van der Waals surface area contributed by atoms with Crippen LogP contribution in [0.25, 0.3) is 0 Å². The Bertz CT molecular complexity index is 580. The maximum atomic E-state index is 11.2. The quantitative estimate of drug-likeness (QED) is 0.644. The summed E-state index contributed by atoms with van der Waals surface area (Å²) in [6.07, 6.45) is 0.282. The Kier molecular flexibility index (Phi) is 3.12. The summed E-state index contributed by atoms with van der Waals surface area (Å²) in [6, 6.07) is 2.25. The van der Waals surface area contributed by atoms with Crippen molar-refractivity contribution in [2.24, 2.45) is 0 Å². The predicted molar refractivity (Wildman–Crippen MR) is 63.8 cm³/mol. The number of benzene rings is 1. The molecule has 0 aromatic heterocycles. The first-order valence-electron chi connectivity index (χ1n) is 5.53. The second-order valence-corrected chi connectivity index (χ2v) is 4.20. The Labute approximate surface area is 107 Å². The van der Waals surface area contributed by atoms with Crippen LogP contribution in [-0.4, -0.2) is 39.8 Å². The molecule has 2 rings (SSSR count). The SMILES string of the molecule is O=C(O)c1cc(C(=O)O)c2c(c1)C(C(=O)O)CCN2. The Morgan fingerprint density at radius 3 is 2.32 bits per heavy atom. The summed E-state index contributed by atoms with van der Waals surface area (Å²) in [5.41, 5.74) is -0.0563. The maximum Gasteiger partial charge on any atom is 0.337 e. The van der Waals surface area contributed by atoms with Crippen LogP contribution in [0.1, 0.15) is 38.6 Å². The van der Waals surface area contributed by atoms with Gasteiger partial charge in [-0.25, -0.2) is 9.59 Å². The van der Waals surface area contributed by atoms with E-state index in [-0.39, 0.29) is 28.8 Å². The maximum absolute atomic E-state index is 11.2. The number of carboxylic acid groups (broad SMARTS) is 3. The van der Waals surface area contributed by atoms with E-state index in [4.69, 9.17) is 15.3 Å². The van der Waals surface area contributed by atoms with E-state index in [9.17, 15) is 14.4 Å². The highest BCUT2D eigenvalue weighted by molar-refractivity contribution is 6.00. The number of nitrogens with one attached hydrogen (secondary N) is 1. The molecule has 0 bridgehead atoms. The van der Waals surface area contributed by atoms with Gasteiger partial charge in [-0.05, 0) is 24.1 Å². The van der Waals surface area contributed by atoms with Crippen LogP contribution in [0.15, 0.2) is 12.1 Å². The second-order valence-electron chi connectivity index (χ2n) is 4.20. The van der Waals surface area contributed by atoms with Gasteiger partial charge in [-0.2, -0.15) is 0 Å². The lowest BCUT2D eigenvalue weighted by Crippen LogP contribution is -2.25. The van der Waals surface area contributed by atoms with E-state index in [1.807, 2.05) is 0 Å². The summed E-state index contributed by atoms with van der Waals surface area (Å²) < 4.78 is 0. The number of carboxylic acids is 3. The van der Waals surface area contributed by atoms with Gasteiger partial charge in [-0.15, -0.1) is 0 Å². The van der Waals surface area contributed by atoms with Crippen molar-refractivity contribution in [1.82, 2.24) is 0 Å². The molecule has 0 aliphatic carbocycles. The number of aromatic carboxylic acids is 2. The van der Waals surface area contributed by atoms with Crippen LogP contribution in [0.3, 0.4) is 0 Å². The smallest absolute Gasteiger partial charge is 0.337 e. The fourth-order valence-electron chi connectivity index (χ4n) is 2.18. The predicted octanol–water partition coefficient (Wildman–Crippen LogP) is 1.07. The molecule has 1 aromatic rings. The van der Waals surface area contributed by atoms with E-state index in [1.165, 1.54) is 6.07 Å². The molecule has 0 fully saturated rings. The van der Waals surface area contributed by atoms with Crippen LogP contribution >= 0.6 is 0 Å². The topological polar surface area (TPSA) is 124 Å². The van der Waals surface area contributed by atoms with Crippen LogP contribution < -0.4 is 5.32 Å². The van der Waals surface area contributed by atoms with Gasteiger partial charge >= 0.3 is 17.9 Å². The number of carbonyl (C=O) groups is 3. The summed E-state index contributed by atoms with van der Waals surface area (Å²) in [6.45, 7) is 0.330. The van der Waals surface area contributed by atoms with Crippen LogP contribution in [-0.2, 0) is 4.79 Å². The summed E-state index contributed by atoms with van der Waals surface area (Å²) in [5, 5.41) is 30.0. The van der Waals surface area contributed by atoms with Crippen molar-refractivity contribution in [3.63, 3.8) is 0 Å². The van der Waals surface area contributed by atoms with Gasteiger partial charge in [-0.1, -0.05) is 0 Å². The molecule has 1 aliphatic heterocycles. The zero-order chi connectivity index (χ0) is 14.2. The molecule has 0 radical (unpaired) electrons. The third-order valence-electron chi connectivity index (χ3n) is 3.05. The highest BCUT2D eigenvalue weighted by atomic mass is 16.4. The summed E-state index contributed by atoms with van der Waals surface area (Å²) in [4.78, 5) is 33.3. The van der Waals surface area contributed by atoms with Crippen molar-refractivity contribution < 1.29 is 29.7 Å². The lowest BCUT2D eigenvalue weighted by molar-refractivity contribution is -0.139. The minimum absolute atomic E-state index is 0.191. The lowest BCUT2D eigenvalue weighted by Gasteiger charge is -2.25. The average molecular weight is 265 g/mol. The van der Waals surface area contributed by atoms with Crippen LogP contribution in [0.2, 0.25) is 0 Å². The van der Waals surface area contributed by atoms with Crippen LogP contribution in [0.5, 0.6) is 0 Å². The number of hydrogen-bond acceptors (Lipinski definition) is 4. The Morgan fingerprint density at radius 2 is 1.79 bits per heavy atom. The molecule has 1 aliphatic rings. The van der Waals surface area contributed by atoms with Gasteiger partial charge < -0.3 is 20.6 Å². The number of aliphatic carboxylic acids is 1. The molecule has 0 amide bonds. The van der Waals surface area contributed by atoms with Crippen molar-refractivity contribution in [3.05, 3.63) is 28.8 Å². The second kappa shape index (κ2) is 4.60. The Balaban J connectivity index is 2.69. The molecule has 19 heavy (non-hydrogen) atoms. The Hall–Kier alpha value is -2.57. The summed E-state index contributed by atoms with van der Waals surface area (Å²) >= 11 is 0. The Morgan fingerprint density at radius 1 is 1.11 bits per heavy atom. The molecule has 7 heteroatoms. The molecule has 7 nitrogen and oxygen atoms in total. The first-order valence-corrected chi connectivity index (χ1v) is 5.53. The van der Waals surface area contributed by atoms with Crippen molar-refractivity contribution in [1.29, 1.82) is 0 Å². The lowest BCUT2D eigenvalue weighted by atomic mass is 9.87. The van der Waals surface area contributed by atoms with E-state index in [1.54, 1.807) is 0 Å². The van der Waals surface area contributed by atoms with Gasteiger partial charge in [0.15, 0.2) is 0 Å². The van der Waals surface area contributed by atoms with Crippen molar-refractivity contribution in [3.8, 4) is 0 Å². The largest absolute Gasteiger partial charge is 0.481 e. The standard InChI is InChI=1S/C12H11NO6/c14-10(15)5-3-7-6(11(16)17)1-2-13-9(7)8(4-5)12(18)19/h3-4,6,13H,1-2H2,(H,14,15)(H,16,17)(H,18,19). The number of hydrogen-bond donors (Lipinski definition) is 4. The molecular weight excluding hydrogens is 254 g/mol. The normalized spacial score (nSPS) is 17.2. The molecule has 1 aromatic carbocycles. The van der Waals surface area contributed by atoms with Gasteiger partial charge in [0.1, 0.15) is 0 Å². The van der Waals surface area contributed by atoms with Gasteiger partial charge in [0.05, 0.1) is 22.7 Å². The van der Waals surface area contributed by atoms with Crippen molar-refractivity contribution in [2.75, 3.05) is 11.9 Å². The molecule has 1 unspecified atom stereocenters. The zero-order valence-electron chi connectivity index (χ0n) is 9.71. The highest BCUT2D eigenvalue weighted by Gasteiger charge is 2.30. The van der Waals surface area contributed by atoms with Crippen LogP contribution in [0, 0.1) is 0 Å². The minimum atomic E-state index is -1.29. The summed E-state index contributed by atoms with van der Waals surface area (Å²) in [5.74, 6) is -4.58. The monoisotopic (exact) mass is 265 g/mol. The molecule has 4 N–H and O–H groups in total. The molecule has 0 saturated heterocycles. The van der Waals surface area contributed by atoms with Gasteiger partial charge in [-0.3, -0.25) is 4.79 Å². The first-order chi connectivity index (χ1) is 8.91. The van der Waals surface area contributed by atoms with E-state index in [0.29, 0.717) is 6.54 Å². The van der Waals surface area contributed by atoms with Gasteiger partial charge in [0.2, 0.25) is 0 Å². The number of fused-ring (bicyclic) bond motifs is 1. The van der Waals surface area contributed by atoms with E-state index < -0.39 is 23.8 Å². The highest BCUT2D eigenvalue weighted by Crippen LogP contribution is 2.35. The fraction of sp³-hybridized carbons (Fsp3) is 0.250. The third-order valence-corrected chi connectivity index (χ3v) is 3.05. The van der Waals surface area contributed by atoms with Gasteiger partial charge in [0, 0.05) is 6.54 Å². The van der Waals surface area contributed by atoms with Crippen molar-refractivity contribution >= 4 is 23.6 Å². The summed E-state index contributed by atoms with van der Waals surface area (Å²) in [7, 11) is 0. The van der Waals surface area contributed by atoms with E-state index in [0.717, 1.165) is 6.07 Å². The zero-order valence-corrected chi connectivity index (χ0v) is 9.71. The van der Waals surface area contributed by atoms with E-state index in [2.05, 4.69) is 5.32 Å². The molecule has 1 heterocycles. The van der Waals surface area contributed by atoms with Crippen molar-refractivity contribution in [2.45, 2.75) is 12.3 Å². The fourth-order valence-corrected chi connectivity index (χ4v) is 2.18. The molecule has 0 spiro atoms.